The molecule has 1 N–H and O–H groups in total. The summed E-state index contributed by atoms with van der Waals surface area (Å²) in [6.07, 6.45) is 1.64. The van der Waals surface area contributed by atoms with Gasteiger partial charge in [0.1, 0.15) is 0 Å². The van der Waals surface area contributed by atoms with E-state index < -0.39 is 0 Å². The van der Waals surface area contributed by atoms with Crippen molar-refractivity contribution in [2.45, 2.75) is 26.8 Å². The van der Waals surface area contributed by atoms with Gasteiger partial charge in [-0.15, -0.1) is 11.6 Å². The minimum atomic E-state index is -0.0741. The fourth-order valence-corrected chi connectivity index (χ4v) is 1.52. The largest absolute Gasteiger partial charge is 0.349 e. The van der Waals surface area contributed by atoms with Gasteiger partial charge in [-0.1, -0.05) is 6.92 Å². The maximum atomic E-state index is 11.8. The third kappa shape index (κ3) is 3.49. The molecule has 1 rings (SSSR count). The number of pyridine rings is 1. The van der Waals surface area contributed by atoms with Crippen LogP contribution in [-0.2, 0) is 0 Å². The van der Waals surface area contributed by atoms with E-state index in [0.717, 1.165) is 5.69 Å². The van der Waals surface area contributed by atoms with Crippen molar-refractivity contribution in [2.24, 2.45) is 5.92 Å². The van der Waals surface area contributed by atoms with Crippen molar-refractivity contribution in [1.29, 1.82) is 0 Å². The zero-order valence-electron chi connectivity index (χ0n) is 9.83. The van der Waals surface area contributed by atoms with Crippen molar-refractivity contribution in [3.8, 4) is 0 Å². The normalized spacial score (nSPS) is 14.2. The highest BCUT2D eigenvalue weighted by molar-refractivity contribution is 6.18. The van der Waals surface area contributed by atoms with Crippen molar-refractivity contribution < 1.29 is 4.79 Å². The molecule has 1 aromatic heterocycles. The molecule has 2 atom stereocenters. The van der Waals surface area contributed by atoms with Crippen LogP contribution >= 0.6 is 11.6 Å². The van der Waals surface area contributed by atoms with E-state index in [2.05, 4.69) is 10.3 Å². The number of nitrogens with one attached hydrogen (secondary N) is 1. The number of aromatic nitrogens is 1. The van der Waals surface area contributed by atoms with E-state index in [0.29, 0.717) is 11.4 Å². The van der Waals surface area contributed by atoms with Gasteiger partial charge in [0.05, 0.1) is 0 Å². The summed E-state index contributed by atoms with van der Waals surface area (Å²) in [7, 11) is 0. The second-order valence-electron chi connectivity index (χ2n) is 4.08. The van der Waals surface area contributed by atoms with Gasteiger partial charge in [0.2, 0.25) is 0 Å². The lowest BCUT2D eigenvalue weighted by molar-refractivity contribution is 0.0930. The Bertz CT molecular complexity index is 368. The lowest BCUT2D eigenvalue weighted by atomic mass is 10.1. The van der Waals surface area contributed by atoms with Crippen molar-refractivity contribution in [3.05, 3.63) is 29.6 Å². The van der Waals surface area contributed by atoms with Gasteiger partial charge < -0.3 is 5.32 Å². The van der Waals surface area contributed by atoms with E-state index in [1.807, 2.05) is 20.8 Å². The number of hydrogen-bond acceptors (Lipinski definition) is 2. The molecule has 0 aliphatic rings. The van der Waals surface area contributed by atoms with E-state index in [1.54, 1.807) is 18.3 Å². The Kier molecular flexibility index (Phi) is 4.74. The highest BCUT2D eigenvalue weighted by atomic mass is 35.5. The molecule has 2 unspecified atom stereocenters. The Balaban J connectivity index is 2.66. The third-order valence-electron chi connectivity index (χ3n) is 2.61. The highest BCUT2D eigenvalue weighted by Gasteiger charge is 2.14. The molecule has 0 spiro atoms. The molecule has 1 aromatic rings. The van der Waals surface area contributed by atoms with Gasteiger partial charge in [0.25, 0.3) is 5.91 Å². The topological polar surface area (TPSA) is 42.0 Å². The summed E-state index contributed by atoms with van der Waals surface area (Å²) in [5, 5.41) is 2.92. The summed E-state index contributed by atoms with van der Waals surface area (Å²) in [5.74, 6) is 0.722. The monoisotopic (exact) mass is 240 g/mol. The number of rotatable bonds is 4. The molecule has 0 saturated heterocycles. The zero-order chi connectivity index (χ0) is 12.1. The van der Waals surface area contributed by atoms with Gasteiger partial charge in [0.15, 0.2) is 0 Å². The van der Waals surface area contributed by atoms with Crippen molar-refractivity contribution >= 4 is 17.5 Å². The Hall–Kier alpha value is -1.09. The Morgan fingerprint density at radius 1 is 1.56 bits per heavy atom. The number of amides is 1. The van der Waals surface area contributed by atoms with Crippen LogP contribution in [-0.4, -0.2) is 22.8 Å². The van der Waals surface area contributed by atoms with Crippen molar-refractivity contribution in [2.75, 3.05) is 5.88 Å². The first kappa shape index (κ1) is 13.0. The van der Waals surface area contributed by atoms with Gasteiger partial charge >= 0.3 is 0 Å². The molecule has 16 heavy (non-hydrogen) atoms. The minimum Gasteiger partial charge on any atom is -0.349 e. The Labute approximate surface area is 101 Å². The summed E-state index contributed by atoms with van der Waals surface area (Å²) in [6.45, 7) is 5.83. The van der Waals surface area contributed by atoms with Gasteiger partial charge in [-0.05, 0) is 31.9 Å². The van der Waals surface area contributed by atoms with Crippen molar-refractivity contribution in [3.63, 3.8) is 0 Å². The van der Waals surface area contributed by atoms with Crippen LogP contribution in [0.15, 0.2) is 18.3 Å². The molecule has 0 aromatic carbocycles. The molecule has 4 heteroatoms. The average molecular weight is 241 g/mol. The number of halogens is 1. The van der Waals surface area contributed by atoms with Gasteiger partial charge in [-0.2, -0.15) is 0 Å². The van der Waals surface area contributed by atoms with Crippen LogP contribution in [0.5, 0.6) is 0 Å². The van der Waals surface area contributed by atoms with Crippen LogP contribution in [0.1, 0.15) is 29.9 Å². The van der Waals surface area contributed by atoms with Crippen LogP contribution in [0.25, 0.3) is 0 Å². The standard InChI is InChI=1S/C12H17ClN2O/c1-8(7-13)10(3)15-12(16)11-4-5-14-9(2)6-11/h4-6,8,10H,7H2,1-3H3,(H,15,16). The predicted octanol–water partition coefficient (Wildman–Crippen LogP) is 2.38. The molecule has 88 valence electrons. The van der Waals surface area contributed by atoms with E-state index >= 15 is 0 Å². The second-order valence-corrected chi connectivity index (χ2v) is 4.39. The van der Waals surface area contributed by atoms with Crippen molar-refractivity contribution in [1.82, 2.24) is 10.3 Å². The molecule has 3 nitrogen and oxygen atoms in total. The molecular weight excluding hydrogens is 224 g/mol. The Morgan fingerprint density at radius 2 is 2.25 bits per heavy atom. The summed E-state index contributed by atoms with van der Waals surface area (Å²) >= 11 is 5.74. The zero-order valence-corrected chi connectivity index (χ0v) is 10.6. The molecule has 0 radical (unpaired) electrons. The van der Waals surface area contributed by atoms with Crippen LogP contribution in [0.3, 0.4) is 0 Å². The number of carbonyl (C=O) groups excluding carboxylic acids is 1. The summed E-state index contributed by atoms with van der Waals surface area (Å²) in [6, 6.07) is 3.55. The molecule has 0 aliphatic heterocycles. The lowest BCUT2D eigenvalue weighted by Crippen LogP contribution is -2.37. The van der Waals surface area contributed by atoms with Gasteiger partial charge in [-0.3, -0.25) is 9.78 Å². The first-order chi connectivity index (χ1) is 7.54. The molecule has 0 fully saturated rings. The molecule has 0 saturated carbocycles. The third-order valence-corrected chi connectivity index (χ3v) is 3.10. The fraction of sp³-hybridized carbons (Fsp3) is 0.500. The predicted molar refractivity (Wildman–Crippen MR) is 65.8 cm³/mol. The highest BCUT2D eigenvalue weighted by Crippen LogP contribution is 2.07. The first-order valence-corrected chi connectivity index (χ1v) is 5.87. The van der Waals surface area contributed by atoms with E-state index in [4.69, 9.17) is 11.6 Å². The number of alkyl halides is 1. The van der Waals surface area contributed by atoms with E-state index in [1.165, 1.54) is 0 Å². The van der Waals surface area contributed by atoms with Crippen LogP contribution < -0.4 is 5.32 Å². The van der Waals surface area contributed by atoms with Crippen LogP contribution in [0, 0.1) is 12.8 Å². The molecule has 0 aliphatic carbocycles. The number of nitrogens with zero attached hydrogens (tertiary/aromatic N) is 1. The maximum absolute atomic E-state index is 11.8. The van der Waals surface area contributed by atoms with Crippen LogP contribution in [0.4, 0.5) is 0 Å². The minimum absolute atomic E-state index is 0.0680. The quantitative estimate of drug-likeness (QED) is 0.822. The maximum Gasteiger partial charge on any atom is 0.251 e. The molecule has 0 bridgehead atoms. The average Bonchev–Trinajstić information content (AvgIpc) is 2.27. The summed E-state index contributed by atoms with van der Waals surface area (Å²) < 4.78 is 0. The molecule has 1 amide bonds. The SMILES string of the molecule is Cc1cc(C(=O)NC(C)C(C)CCl)ccn1. The molecule has 1 heterocycles. The molecular formula is C12H17ClN2O. The summed E-state index contributed by atoms with van der Waals surface area (Å²) in [4.78, 5) is 15.9. The number of carbonyl (C=O) groups is 1. The number of aryl methyl sites for hydroxylation is 1. The second kappa shape index (κ2) is 5.85. The van der Waals surface area contributed by atoms with E-state index in [-0.39, 0.29) is 17.9 Å². The van der Waals surface area contributed by atoms with E-state index in [9.17, 15) is 4.79 Å². The smallest absolute Gasteiger partial charge is 0.251 e. The lowest BCUT2D eigenvalue weighted by Gasteiger charge is -2.19. The first-order valence-electron chi connectivity index (χ1n) is 5.34. The van der Waals surface area contributed by atoms with Gasteiger partial charge in [0, 0.05) is 29.4 Å². The number of hydrogen-bond donors (Lipinski definition) is 1. The fourth-order valence-electron chi connectivity index (χ4n) is 1.25. The summed E-state index contributed by atoms with van der Waals surface area (Å²) in [5.41, 5.74) is 1.48. The van der Waals surface area contributed by atoms with Gasteiger partial charge in [-0.25, -0.2) is 0 Å². The Morgan fingerprint density at radius 3 is 2.81 bits per heavy atom. The van der Waals surface area contributed by atoms with Crippen LogP contribution in [0.2, 0.25) is 0 Å².